The monoisotopic (exact) mass is 514 g/mol. The maximum Gasteiger partial charge on any atom is 0.254 e. The van der Waals surface area contributed by atoms with Crippen LogP contribution in [0.15, 0.2) is 35.0 Å². The van der Waals surface area contributed by atoms with E-state index in [0.717, 1.165) is 30.5 Å². The molecule has 1 atom stereocenters. The molecule has 4 heterocycles. The molecule has 0 radical (unpaired) electrons. The van der Waals surface area contributed by atoms with Gasteiger partial charge in [0, 0.05) is 24.2 Å². The van der Waals surface area contributed by atoms with Gasteiger partial charge >= 0.3 is 0 Å². The highest BCUT2D eigenvalue weighted by Gasteiger charge is 2.23. The van der Waals surface area contributed by atoms with Crippen LogP contribution in [0.4, 0.5) is 10.2 Å². The van der Waals surface area contributed by atoms with Crippen LogP contribution in [-0.4, -0.2) is 50.4 Å². The van der Waals surface area contributed by atoms with E-state index in [0.29, 0.717) is 28.7 Å². The number of fused-ring (bicyclic) bond motifs is 1. The Morgan fingerprint density at radius 3 is 2.81 bits per heavy atom. The van der Waals surface area contributed by atoms with Crippen molar-refractivity contribution in [1.29, 1.82) is 0 Å². The number of pyridine rings is 1. The van der Waals surface area contributed by atoms with E-state index in [1.807, 2.05) is 26.8 Å². The second kappa shape index (κ2) is 10.2. The van der Waals surface area contributed by atoms with Crippen LogP contribution in [0.3, 0.4) is 0 Å². The van der Waals surface area contributed by atoms with Crippen molar-refractivity contribution in [2.45, 2.75) is 45.2 Å². The summed E-state index contributed by atoms with van der Waals surface area (Å²) in [4.78, 5) is 21.3. The Bertz CT molecular complexity index is 1370. The zero-order valence-electron chi connectivity index (χ0n) is 20.2. The van der Waals surface area contributed by atoms with E-state index >= 15 is 4.39 Å². The molecule has 1 amide bonds. The molecule has 12 heteroatoms. The third kappa shape index (κ3) is 5.17. The number of anilines is 1. The smallest absolute Gasteiger partial charge is 0.254 e. The highest BCUT2D eigenvalue weighted by Crippen LogP contribution is 2.33. The summed E-state index contributed by atoms with van der Waals surface area (Å²) in [6, 6.07) is 6.61. The van der Waals surface area contributed by atoms with E-state index in [1.165, 1.54) is 12.1 Å². The average Bonchev–Trinajstić information content (AvgIpc) is 3.59. The Kier molecular flexibility index (Phi) is 7.23. The third-order valence-electron chi connectivity index (χ3n) is 5.90. The third-order valence-corrected chi connectivity index (χ3v) is 5.90. The summed E-state index contributed by atoms with van der Waals surface area (Å²) in [6.45, 7) is 7.68. The molecular formula is C24H28ClFN8O2. The molecule has 10 nitrogen and oxygen atoms in total. The molecule has 1 aliphatic rings. The van der Waals surface area contributed by atoms with Crippen LogP contribution in [-0.2, 0) is 12.0 Å². The fourth-order valence-electron chi connectivity index (χ4n) is 4.02. The van der Waals surface area contributed by atoms with E-state index in [4.69, 9.17) is 4.52 Å². The number of halogens is 2. The van der Waals surface area contributed by atoms with Crippen LogP contribution in [0.1, 0.15) is 49.3 Å². The Morgan fingerprint density at radius 2 is 2.11 bits per heavy atom. The van der Waals surface area contributed by atoms with Crippen LogP contribution in [0.5, 0.6) is 0 Å². The van der Waals surface area contributed by atoms with E-state index < -0.39 is 11.7 Å². The molecule has 4 N–H and O–H groups in total. The van der Waals surface area contributed by atoms with Crippen LogP contribution in [0.25, 0.3) is 22.2 Å². The lowest BCUT2D eigenvalue weighted by molar-refractivity contribution is 0.0945. The van der Waals surface area contributed by atoms with Crippen LogP contribution >= 0.6 is 12.4 Å². The fourth-order valence-corrected chi connectivity index (χ4v) is 4.02. The largest absolute Gasteiger partial charge is 0.364 e. The van der Waals surface area contributed by atoms with E-state index in [9.17, 15) is 4.79 Å². The molecule has 1 saturated heterocycles. The predicted molar refractivity (Wildman–Crippen MR) is 136 cm³/mol. The summed E-state index contributed by atoms with van der Waals surface area (Å²) in [5, 5.41) is 21.4. The maximum absolute atomic E-state index is 15.1. The van der Waals surface area contributed by atoms with Gasteiger partial charge in [0.1, 0.15) is 5.82 Å². The Balaban J connectivity index is 0.00000304. The second-order valence-corrected chi connectivity index (χ2v) is 9.63. The first-order chi connectivity index (χ1) is 16.8. The van der Waals surface area contributed by atoms with Crippen molar-refractivity contribution in [1.82, 2.24) is 36.0 Å². The lowest BCUT2D eigenvalue weighted by atomic mass is 9.97. The van der Waals surface area contributed by atoms with Gasteiger partial charge in [-0.15, -0.1) is 12.4 Å². The summed E-state index contributed by atoms with van der Waals surface area (Å²) < 4.78 is 20.3. The van der Waals surface area contributed by atoms with Crippen molar-refractivity contribution in [2.75, 3.05) is 18.4 Å². The first-order valence-corrected chi connectivity index (χ1v) is 11.5. The number of aromatic nitrogens is 5. The molecule has 0 spiro atoms. The minimum atomic E-state index is -0.633. The SMILES string of the molecule is CC(C)(C)c1nc(CNC(=O)c2ccc(-c3ccnc4[nH]nc(N[C@@H]5CCNC5)c34)cc2F)no1.Cl. The van der Waals surface area contributed by atoms with Gasteiger partial charge in [-0.05, 0) is 42.3 Å². The first kappa shape index (κ1) is 25.5. The van der Waals surface area contributed by atoms with E-state index in [1.54, 1.807) is 12.3 Å². The number of nitrogens with one attached hydrogen (secondary N) is 4. The van der Waals surface area contributed by atoms with Gasteiger partial charge in [-0.2, -0.15) is 10.1 Å². The Morgan fingerprint density at radius 1 is 1.28 bits per heavy atom. The molecule has 0 aliphatic carbocycles. The summed E-state index contributed by atoms with van der Waals surface area (Å²) in [5.74, 6) is 0.283. The molecule has 1 aromatic carbocycles. The van der Waals surface area contributed by atoms with Gasteiger partial charge in [-0.1, -0.05) is 32.0 Å². The second-order valence-electron chi connectivity index (χ2n) is 9.63. The van der Waals surface area contributed by atoms with Gasteiger partial charge in [-0.25, -0.2) is 9.37 Å². The highest BCUT2D eigenvalue weighted by molar-refractivity contribution is 6.01. The van der Waals surface area contributed by atoms with Crippen LogP contribution in [0, 0.1) is 5.82 Å². The molecule has 0 bridgehead atoms. The molecular weight excluding hydrogens is 487 g/mol. The molecule has 0 unspecified atom stereocenters. The molecule has 1 aliphatic heterocycles. The lowest BCUT2D eigenvalue weighted by Gasteiger charge is -2.12. The van der Waals surface area contributed by atoms with Gasteiger partial charge in [0.15, 0.2) is 17.3 Å². The molecule has 1 fully saturated rings. The van der Waals surface area contributed by atoms with Gasteiger partial charge < -0.3 is 20.5 Å². The minimum Gasteiger partial charge on any atom is -0.364 e. The highest BCUT2D eigenvalue weighted by atomic mass is 35.5. The predicted octanol–water partition coefficient (Wildman–Crippen LogP) is 3.57. The quantitative estimate of drug-likeness (QED) is 0.307. The molecule has 3 aromatic heterocycles. The van der Waals surface area contributed by atoms with Crippen molar-refractivity contribution in [3.05, 3.63) is 53.6 Å². The normalized spacial score (nSPS) is 15.6. The van der Waals surface area contributed by atoms with Crippen molar-refractivity contribution >= 4 is 35.2 Å². The number of aromatic amines is 1. The molecule has 190 valence electrons. The Hall–Kier alpha value is -3.57. The van der Waals surface area contributed by atoms with Crippen molar-refractivity contribution in [2.24, 2.45) is 0 Å². The topological polar surface area (TPSA) is 134 Å². The number of carbonyl (C=O) groups is 1. The zero-order valence-corrected chi connectivity index (χ0v) is 21.0. The number of H-pyrrole nitrogens is 1. The first-order valence-electron chi connectivity index (χ1n) is 11.5. The minimum absolute atomic E-state index is 0. The summed E-state index contributed by atoms with van der Waals surface area (Å²) in [6.07, 6.45) is 2.63. The average molecular weight is 515 g/mol. The maximum atomic E-state index is 15.1. The standard InChI is InChI=1S/C24H27FN8O2.ClH/c1-24(2,3)23-30-18(33-35-23)12-28-22(34)16-5-4-13(10-17(16)25)15-7-9-27-20-19(15)21(32-31-20)29-14-6-8-26-11-14;/h4-5,7,9-10,14,26H,6,8,11-12H2,1-3H3,(H,28,34)(H2,27,29,31,32);1H/t14-;/m1./s1. The molecule has 4 aromatic rings. The van der Waals surface area contributed by atoms with Crippen molar-refractivity contribution in [3.8, 4) is 11.1 Å². The number of benzene rings is 1. The number of carbonyl (C=O) groups excluding carboxylic acids is 1. The van der Waals surface area contributed by atoms with E-state index in [2.05, 4.69) is 41.3 Å². The molecule has 0 saturated carbocycles. The van der Waals surface area contributed by atoms with E-state index in [-0.39, 0.29) is 36.0 Å². The Labute approximate surface area is 213 Å². The fraction of sp³-hybridized carbons (Fsp3) is 0.375. The van der Waals surface area contributed by atoms with Crippen molar-refractivity contribution in [3.63, 3.8) is 0 Å². The van der Waals surface area contributed by atoms with Crippen molar-refractivity contribution < 1.29 is 13.7 Å². The number of amides is 1. The van der Waals surface area contributed by atoms with Crippen LogP contribution in [0.2, 0.25) is 0 Å². The van der Waals surface area contributed by atoms with Gasteiger partial charge in [0.2, 0.25) is 5.89 Å². The van der Waals surface area contributed by atoms with Crippen LogP contribution < -0.4 is 16.0 Å². The number of hydrogen-bond acceptors (Lipinski definition) is 8. The summed E-state index contributed by atoms with van der Waals surface area (Å²) in [7, 11) is 0. The van der Waals surface area contributed by atoms with Gasteiger partial charge in [-0.3, -0.25) is 9.89 Å². The number of hydrogen-bond donors (Lipinski definition) is 4. The summed E-state index contributed by atoms with van der Waals surface area (Å²) >= 11 is 0. The van der Waals surface area contributed by atoms with Gasteiger partial charge in [0.25, 0.3) is 5.91 Å². The number of rotatable bonds is 6. The summed E-state index contributed by atoms with van der Waals surface area (Å²) in [5.41, 5.74) is 1.63. The molecule has 36 heavy (non-hydrogen) atoms. The number of nitrogens with zero attached hydrogens (tertiary/aromatic N) is 4. The van der Waals surface area contributed by atoms with Gasteiger partial charge in [0.05, 0.1) is 17.5 Å². The lowest BCUT2D eigenvalue weighted by Crippen LogP contribution is -2.24. The zero-order chi connectivity index (χ0) is 24.6. The molecule has 5 rings (SSSR count).